The van der Waals surface area contributed by atoms with Gasteiger partial charge < -0.3 is 4.43 Å². The summed E-state index contributed by atoms with van der Waals surface area (Å²) in [5.74, 6) is 1.40. The number of benzene rings is 2. The maximum Gasteiger partial charge on any atom is 0.320 e. The Labute approximate surface area is 211 Å². The van der Waals surface area contributed by atoms with E-state index in [9.17, 15) is 4.79 Å². The summed E-state index contributed by atoms with van der Waals surface area (Å²) in [4.78, 5) is 19.5. The van der Waals surface area contributed by atoms with Crippen LogP contribution in [0.15, 0.2) is 72.9 Å². The van der Waals surface area contributed by atoms with E-state index in [1.165, 1.54) is 10.4 Å². The molecule has 2 aromatic carbocycles. The number of pyridine rings is 1. The first kappa shape index (κ1) is 23.9. The van der Waals surface area contributed by atoms with Crippen LogP contribution in [0.1, 0.15) is 41.0 Å². The van der Waals surface area contributed by atoms with Gasteiger partial charge in [-0.1, -0.05) is 95.3 Å². The summed E-state index contributed by atoms with van der Waals surface area (Å²) >= 11 is 2.27. The van der Waals surface area contributed by atoms with Crippen molar-refractivity contribution in [2.45, 2.75) is 46.1 Å². The summed E-state index contributed by atoms with van der Waals surface area (Å²) < 4.78 is 8.24. The fourth-order valence-electron chi connectivity index (χ4n) is 4.78. The highest BCUT2D eigenvalue weighted by atomic mass is 127. The average Bonchev–Trinajstić information content (AvgIpc) is 3.04. The summed E-state index contributed by atoms with van der Waals surface area (Å²) in [7, 11) is -2.83. The maximum atomic E-state index is 13.0. The third-order valence-corrected chi connectivity index (χ3v) is 11.8. The van der Waals surface area contributed by atoms with E-state index in [-0.39, 0.29) is 16.4 Å². The Balaban J connectivity index is 1.94. The molecule has 0 radical (unpaired) electrons. The minimum atomic E-state index is -2.83. The lowest BCUT2D eigenvalue weighted by atomic mass is 9.93. The lowest BCUT2D eigenvalue weighted by Gasteiger charge is -2.43. The van der Waals surface area contributed by atoms with Crippen molar-refractivity contribution < 1.29 is 9.22 Å². The zero-order chi connectivity index (χ0) is 23.9. The average molecular weight is 571 g/mol. The van der Waals surface area contributed by atoms with E-state index in [4.69, 9.17) is 9.41 Å². The van der Waals surface area contributed by atoms with Crippen LogP contribution in [0.3, 0.4) is 0 Å². The fourth-order valence-corrected chi connectivity index (χ4v) is 9.61. The SMILES string of the molecule is CC1(C)CC(=O)N(c2ncc(I)cc2O[Si](c2ccccc2)(c2ccccc2)C(C)(C)C)C1. The fraction of sp³-hybridized carbons (Fsp3) is 0.333. The standard InChI is InChI=1S/C27H31IN2O2Si/c1-26(2,3)33(21-12-8-6-9-13-21,22-14-10-7-11-15-22)32-23-16-20(28)18-29-25(23)30-19-27(4,5)17-24(30)31/h6-16,18H,17,19H2,1-5H3. The Morgan fingerprint density at radius 1 is 1.00 bits per heavy atom. The van der Waals surface area contributed by atoms with Crippen molar-refractivity contribution in [1.29, 1.82) is 0 Å². The molecule has 1 saturated heterocycles. The minimum Gasteiger partial charge on any atom is -0.531 e. The molecule has 0 atom stereocenters. The van der Waals surface area contributed by atoms with Crippen molar-refractivity contribution in [2.75, 3.05) is 11.4 Å². The van der Waals surface area contributed by atoms with E-state index in [0.29, 0.717) is 24.5 Å². The Hall–Kier alpha value is -2.19. The van der Waals surface area contributed by atoms with Gasteiger partial charge in [0.1, 0.15) is 5.75 Å². The highest BCUT2D eigenvalue weighted by Gasteiger charge is 2.53. The van der Waals surface area contributed by atoms with Crippen molar-refractivity contribution in [3.05, 3.63) is 76.5 Å². The van der Waals surface area contributed by atoms with Crippen molar-refractivity contribution in [2.24, 2.45) is 5.41 Å². The number of aromatic nitrogens is 1. The van der Waals surface area contributed by atoms with Crippen LogP contribution in [0.25, 0.3) is 0 Å². The Morgan fingerprint density at radius 3 is 2.00 bits per heavy atom. The van der Waals surface area contributed by atoms with Crippen LogP contribution in [-0.4, -0.2) is 25.8 Å². The molecule has 4 rings (SSSR count). The number of hydrogen-bond donors (Lipinski definition) is 0. The summed E-state index contributed by atoms with van der Waals surface area (Å²) in [6.07, 6.45) is 2.33. The largest absolute Gasteiger partial charge is 0.531 e. The molecule has 0 unspecified atom stereocenters. The van der Waals surface area contributed by atoms with Gasteiger partial charge in [0, 0.05) is 22.7 Å². The van der Waals surface area contributed by atoms with Crippen LogP contribution in [-0.2, 0) is 4.79 Å². The third kappa shape index (κ3) is 4.60. The van der Waals surface area contributed by atoms with Gasteiger partial charge in [-0.15, -0.1) is 0 Å². The number of carbonyl (C=O) groups excluding carboxylic acids is 1. The maximum absolute atomic E-state index is 13.0. The van der Waals surface area contributed by atoms with Crippen molar-refractivity contribution in [3.63, 3.8) is 0 Å². The zero-order valence-corrected chi connectivity index (χ0v) is 23.1. The summed E-state index contributed by atoms with van der Waals surface area (Å²) in [6, 6.07) is 23.1. The van der Waals surface area contributed by atoms with Gasteiger partial charge in [-0.25, -0.2) is 4.98 Å². The van der Waals surface area contributed by atoms with Crippen LogP contribution in [0, 0.1) is 8.99 Å². The monoisotopic (exact) mass is 570 g/mol. The van der Waals surface area contributed by atoms with E-state index in [0.717, 1.165) is 3.57 Å². The summed E-state index contributed by atoms with van der Waals surface area (Å²) in [6.45, 7) is 11.6. The van der Waals surface area contributed by atoms with Gasteiger partial charge in [0.15, 0.2) is 5.82 Å². The number of hydrogen-bond acceptors (Lipinski definition) is 3. The predicted molar refractivity (Wildman–Crippen MR) is 146 cm³/mol. The lowest BCUT2D eigenvalue weighted by molar-refractivity contribution is -0.117. The molecule has 0 spiro atoms. The van der Waals surface area contributed by atoms with Crippen molar-refractivity contribution >= 4 is 53.0 Å². The van der Waals surface area contributed by atoms with Gasteiger partial charge in [0.05, 0.1) is 0 Å². The first-order valence-electron chi connectivity index (χ1n) is 11.3. The molecular formula is C27H31IN2O2Si. The molecule has 6 heteroatoms. The van der Waals surface area contributed by atoms with Gasteiger partial charge in [-0.3, -0.25) is 9.69 Å². The molecule has 3 aromatic rings. The van der Waals surface area contributed by atoms with E-state index < -0.39 is 8.32 Å². The number of nitrogens with zero attached hydrogens (tertiary/aromatic N) is 2. The number of rotatable bonds is 5. The van der Waals surface area contributed by atoms with E-state index >= 15 is 0 Å². The Bertz CT molecular complexity index is 1100. The molecule has 2 heterocycles. The smallest absolute Gasteiger partial charge is 0.320 e. The summed E-state index contributed by atoms with van der Waals surface area (Å²) in [5, 5.41) is 2.21. The normalized spacial score (nSPS) is 16.2. The molecule has 1 aromatic heterocycles. The predicted octanol–water partition coefficient (Wildman–Crippen LogP) is 5.39. The van der Waals surface area contributed by atoms with Crippen LogP contribution in [0.4, 0.5) is 5.82 Å². The molecule has 0 saturated carbocycles. The highest BCUT2D eigenvalue weighted by Crippen LogP contribution is 2.42. The minimum absolute atomic E-state index is 0.0869. The molecule has 33 heavy (non-hydrogen) atoms. The van der Waals surface area contributed by atoms with Gasteiger partial charge in [0.25, 0.3) is 0 Å². The van der Waals surface area contributed by atoms with Crippen LogP contribution < -0.4 is 19.7 Å². The molecule has 172 valence electrons. The summed E-state index contributed by atoms with van der Waals surface area (Å²) in [5.41, 5.74) is -0.0869. The Kier molecular flexibility index (Phi) is 6.44. The highest BCUT2D eigenvalue weighted by molar-refractivity contribution is 14.1. The number of anilines is 1. The van der Waals surface area contributed by atoms with E-state index in [1.54, 1.807) is 0 Å². The number of carbonyl (C=O) groups is 1. The van der Waals surface area contributed by atoms with Crippen LogP contribution >= 0.6 is 22.6 Å². The third-order valence-electron chi connectivity index (χ3n) is 6.25. The van der Waals surface area contributed by atoms with E-state index in [2.05, 4.69) is 106 Å². The van der Waals surface area contributed by atoms with Crippen molar-refractivity contribution in [3.8, 4) is 5.75 Å². The lowest BCUT2D eigenvalue weighted by Crippen LogP contribution is -2.69. The van der Waals surface area contributed by atoms with Crippen LogP contribution in [0.2, 0.25) is 5.04 Å². The number of halogens is 1. The molecule has 1 fully saturated rings. The second-order valence-corrected chi connectivity index (χ2v) is 16.0. The molecule has 0 bridgehead atoms. The molecule has 1 aliphatic heterocycles. The van der Waals surface area contributed by atoms with E-state index in [1.807, 2.05) is 29.3 Å². The molecule has 1 aliphatic rings. The first-order chi connectivity index (χ1) is 15.5. The second kappa shape index (κ2) is 8.87. The van der Waals surface area contributed by atoms with Crippen molar-refractivity contribution in [1.82, 2.24) is 4.98 Å². The Morgan fingerprint density at radius 2 is 1.55 bits per heavy atom. The topological polar surface area (TPSA) is 42.4 Å². The molecule has 4 nitrogen and oxygen atoms in total. The quantitative estimate of drug-likeness (QED) is 0.305. The molecule has 0 N–H and O–H groups in total. The van der Waals surface area contributed by atoms with Gasteiger partial charge in [-0.05, 0) is 49.5 Å². The van der Waals surface area contributed by atoms with Gasteiger partial charge in [-0.2, -0.15) is 0 Å². The first-order valence-corrected chi connectivity index (χ1v) is 14.3. The molecule has 0 aliphatic carbocycles. The van der Waals surface area contributed by atoms with Gasteiger partial charge in [0.2, 0.25) is 5.91 Å². The second-order valence-electron chi connectivity index (χ2n) is 10.6. The van der Waals surface area contributed by atoms with Gasteiger partial charge >= 0.3 is 8.32 Å². The molecule has 1 amide bonds. The van der Waals surface area contributed by atoms with Crippen LogP contribution in [0.5, 0.6) is 5.75 Å². The number of amides is 1. The molecular weight excluding hydrogens is 539 g/mol. The zero-order valence-electron chi connectivity index (χ0n) is 19.9.